The van der Waals surface area contributed by atoms with Gasteiger partial charge in [0.2, 0.25) is 0 Å². The Labute approximate surface area is 141 Å². The van der Waals surface area contributed by atoms with Gasteiger partial charge in [-0.2, -0.15) is 0 Å². The van der Waals surface area contributed by atoms with Gasteiger partial charge in [-0.15, -0.1) is 0 Å². The Morgan fingerprint density at radius 2 is 2.00 bits per heavy atom. The molecular formula is C17H24O7. The molecule has 2 aliphatic heterocycles. The maximum absolute atomic E-state index is 10.5. The van der Waals surface area contributed by atoms with Crippen LogP contribution >= 0.6 is 0 Å². The molecule has 5 unspecified atom stereocenters. The van der Waals surface area contributed by atoms with Gasteiger partial charge < -0.3 is 33.5 Å². The molecule has 3 rings (SSSR count). The van der Waals surface area contributed by atoms with Gasteiger partial charge in [0.1, 0.15) is 31.2 Å². The van der Waals surface area contributed by atoms with E-state index in [0.717, 1.165) is 5.56 Å². The highest BCUT2D eigenvalue weighted by Gasteiger charge is 2.50. The van der Waals surface area contributed by atoms with Crippen LogP contribution < -0.4 is 0 Å². The number of aliphatic hydroxyl groups excluding tert-OH is 1. The lowest BCUT2D eigenvalue weighted by Gasteiger charge is -2.47. The van der Waals surface area contributed by atoms with Crippen molar-refractivity contribution in [3.63, 3.8) is 0 Å². The monoisotopic (exact) mass is 340 g/mol. The van der Waals surface area contributed by atoms with Gasteiger partial charge in [0, 0.05) is 19.3 Å². The van der Waals surface area contributed by atoms with Gasteiger partial charge in [0.15, 0.2) is 12.6 Å². The van der Waals surface area contributed by atoms with Crippen LogP contribution in [0.4, 0.5) is 0 Å². The molecule has 134 valence electrons. The zero-order valence-corrected chi connectivity index (χ0v) is 13.9. The van der Waals surface area contributed by atoms with Crippen LogP contribution in [0, 0.1) is 0 Å². The number of fused-ring (bicyclic) bond motifs is 1. The normalized spacial score (nSPS) is 36.3. The molecule has 6 atom stereocenters. The first kappa shape index (κ1) is 17.8. The standard InChI is InChI=1S/C17H24O7/c1-3-20-10-22-15-13(18)17(19-2)23-12-9-21-16(24-14(12)15)11-7-5-4-6-8-11/h4-8,12-18H,3,9-10H2,1-2H3/t12?,13?,14?,15-,16?,17?/m0/s1. The lowest BCUT2D eigenvalue weighted by atomic mass is 9.97. The average molecular weight is 340 g/mol. The molecule has 24 heavy (non-hydrogen) atoms. The number of benzene rings is 1. The molecule has 0 saturated carbocycles. The molecule has 0 radical (unpaired) electrons. The van der Waals surface area contributed by atoms with Crippen LogP contribution in [0.2, 0.25) is 0 Å². The zero-order valence-electron chi connectivity index (χ0n) is 13.9. The van der Waals surface area contributed by atoms with Crippen molar-refractivity contribution in [1.82, 2.24) is 0 Å². The quantitative estimate of drug-likeness (QED) is 0.616. The molecule has 0 aromatic heterocycles. The average Bonchev–Trinajstić information content (AvgIpc) is 2.63. The Hall–Kier alpha value is -1.06. The molecule has 0 aliphatic carbocycles. The molecule has 1 N–H and O–H groups in total. The maximum Gasteiger partial charge on any atom is 0.186 e. The highest BCUT2D eigenvalue weighted by Crippen LogP contribution is 2.35. The minimum Gasteiger partial charge on any atom is -0.385 e. The fraction of sp³-hybridized carbons (Fsp3) is 0.647. The van der Waals surface area contributed by atoms with Crippen LogP contribution in [0.25, 0.3) is 0 Å². The summed E-state index contributed by atoms with van der Waals surface area (Å²) in [5.74, 6) is 0. The van der Waals surface area contributed by atoms with Crippen molar-refractivity contribution in [2.45, 2.75) is 43.9 Å². The van der Waals surface area contributed by atoms with E-state index in [0.29, 0.717) is 13.2 Å². The first-order valence-electron chi connectivity index (χ1n) is 8.12. The Morgan fingerprint density at radius 3 is 2.71 bits per heavy atom. The summed E-state index contributed by atoms with van der Waals surface area (Å²) in [6.45, 7) is 2.79. The van der Waals surface area contributed by atoms with E-state index in [-0.39, 0.29) is 12.9 Å². The second kappa shape index (κ2) is 8.35. The lowest BCUT2D eigenvalue weighted by molar-refractivity contribution is -0.367. The molecule has 0 spiro atoms. The molecule has 1 aromatic carbocycles. The van der Waals surface area contributed by atoms with Gasteiger partial charge in [-0.05, 0) is 6.92 Å². The Balaban J connectivity index is 1.73. The van der Waals surface area contributed by atoms with E-state index < -0.39 is 30.9 Å². The molecule has 2 heterocycles. The molecular weight excluding hydrogens is 316 g/mol. The first-order valence-corrected chi connectivity index (χ1v) is 8.12. The van der Waals surface area contributed by atoms with Gasteiger partial charge in [-0.3, -0.25) is 0 Å². The fourth-order valence-corrected chi connectivity index (χ4v) is 2.94. The highest BCUT2D eigenvalue weighted by molar-refractivity contribution is 5.16. The van der Waals surface area contributed by atoms with Crippen LogP contribution in [0.15, 0.2) is 30.3 Å². The summed E-state index contributed by atoms with van der Waals surface area (Å²) in [7, 11) is 1.48. The van der Waals surface area contributed by atoms with Gasteiger partial charge in [-0.1, -0.05) is 30.3 Å². The molecule has 2 aliphatic rings. The SMILES string of the molecule is CCOCO[C@H]1C(O)C(OC)OC2COC(c3ccccc3)OC21. The van der Waals surface area contributed by atoms with Gasteiger partial charge in [-0.25, -0.2) is 0 Å². The molecule has 2 saturated heterocycles. The van der Waals surface area contributed by atoms with E-state index in [1.54, 1.807) is 0 Å². The van der Waals surface area contributed by atoms with Gasteiger partial charge in [0.25, 0.3) is 0 Å². The van der Waals surface area contributed by atoms with Gasteiger partial charge >= 0.3 is 0 Å². The number of aliphatic hydroxyl groups is 1. The van der Waals surface area contributed by atoms with E-state index in [2.05, 4.69) is 0 Å². The Kier molecular flexibility index (Phi) is 6.18. The van der Waals surface area contributed by atoms with Gasteiger partial charge in [0.05, 0.1) is 6.61 Å². The van der Waals surface area contributed by atoms with E-state index in [1.807, 2.05) is 37.3 Å². The predicted molar refractivity (Wildman–Crippen MR) is 83.1 cm³/mol. The summed E-state index contributed by atoms with van der Waals surface area (Å²) < 4.78 is 33.7. The smallest absolute Gasteiger partial charge is 0.186 e. The van der Waals surface area contributed by atoms with Crippen molar-refractivity contribution in [3.8, 4) is 0 Å². The second-order valence-electron chi connectivity index (χ2n) is 5.69. The summed E-state index contributed by atoms with van der Waals surface area (Å²) in [4.78, 5) is 0. The predicted octanol–water partition coefficient (Wildman–Crippen LogP) is 1.21. The summed E-state index contributed by atoms with van der Waals surface area (Å²) >= 11 is 0. The third-order valence-electron chi connectivity index (χ3n) is 4.16. The van der Waals surface area contributed by atoms with Crippen LogP contribution in [0.5, 0.6) is 0 Å². The third kappa shape index (κ3) is 3.78. The largest absolute Gasteiger partial charge is 0.385 e. The van der Waals surface area contributed by atoms with Crippen molar-refractivity contribution in [3.05, 3.63) is 35.9 Å². The molecule has 7 heteroatoms. The second-order valence-corrected chi connectivity index (χ2v) is 5.69. The Bertz CT molecular complexity index is 497. The van der Waals surface area contributed by atoms with Crippen LogP contribution in [-0.4, -0.2) is 62.9 Å². The van der Waals surface area contributed by atoms with Crippen LogP contribution in [0.1, 0.15) is 18.8 Å². The van der Waals surface area contributed by atoms with Crippen molar-refractivity contribution in [1.29, 1.82) is 0 Å². The molecule has 7 nitrogen and oxygen atoms in total. The molecule has 0 bridgehead atoms. The third-order valence-corrected chi connectivity index (χ3v) is 4.16. The van der Waals surface area contributed by atoms with Crippen molar-refractivity contribution in [2.75, 3.05) is 27.1 Å². The van der Waals surface area contributed by atoms with E-state index in [1.165, 1.54) is 7.11 Å². The molecule has 1 aromatic rings. The minimum atomic E-state index is -0.980. The van der Waals surface area contributed by atoms with Crippen LogP contribution in [-0.2, 0) is 28.4 Å². The molecule has 2 fully saturated rings. The highest BCUT2D eigenvalue weighted by atomic mass is 16.8. The van der Waals surface area contributed by atoms with E-state index in [4.69, 9.17) is 28.4 Å². The Morgan fingerprint density at radius 1 is 1.21 bits per heavy atom. The maximum atomic E-state index is 10.5. The zero-order chi connectivity index (χ0) is 16.9. The number of ether oxygens (including phenoxy) is 6. The van der Waals surface area contributed by atoms with Crippen molar-refractivity contribution < 1.29 is 33.5 Å². The van der Waals surface area contributed by atoms with E-state index in [9.17, 15) is 5.11 Å². The van der Waals surface area contributed by atoms with Crippen molar-refractivity contribution >= 4 is 0 Å². The summed E-state index contributed by atoms with van der Waals surface area (Å²) in [6, 6.07) is 9.63. The number of methoxy groups -OCH3 is 1. The van der Waals surface area contributed by atoms with Crippen molar-refractivity contribution in [2.24, 2.45) is 0 Å². The summed E-state index contributed by atoms with van der Waals surface area (Å²) in [6.07, 6.45) is -3.80. The summed E-state index contributed by atoms with van der Waals surface area (Å²) in [5, 5.41) is 10.5. The topological polar surface area (TPSA) is 75.6 Å². The van der Waals surface area contributed by atoms with E-state index >= 15 is 0 Å². The summed E-state index contributed by atoms with van der Waals surface area (Å²) in [5.41, 5.74) is 0.905. The fourth-order valence-electron chi connectivity index (χ4n) is 2.94. The number of hydrogen-bond acceptors (Lipinski definition) is 7. The number of hydrogen-bond donors (Lipinski definition) is 1. The number of rotatable bonds is 6. The van der Waals surface area contributed by atoms with Crippen LogP contribution in [0.3, 0.4) is 0 Å². The molecule has 0 amide bonds. The lowest BCUT2D eigenvalue weighted by Crippen LogP contribution is -2.63. The first-order chi connectivity index (χ1) is 11.7. The minimum absolute atomic E-state index is 0.0676.